The van der Waals surface area contributed by atoms with E-state index < -0.39 is 0 Å². The highest BCUT2D eigenvalue weighted by atomic mass is 79.9. The number of rotatable bonds is 6. The van der Waals surface area contributed by atoms with Gasteiger partial charge in [-0.15, -0.1) is 16.4 Å². The fourth-order valence-electron chi connectivity index (χ4n) is 2.26. The molecule has 0 radical (unpaired) electrons. The van der Waals surface area contributed by atoms with Gasteiger partial charge in [0.1, 0.15) is 0 Å². The highest BCUT2D eigenvalue weighted by molar-refractivity contribution is 9.10. The number of thiophene rings is 1. The molecule has 0 fully saturated rings. The molecule has 4 aromatic heterocycles. The van der Waals surface area contributed by atoms with Gasteiger partial charge in [0.05, 0.1) is 23.2 Å². The first kappa shape index (κ1) is 17.5. The normalized spacial score (nSPS) is 10.9. The molecule has 4 heterocycles. The number of aromatic nitrogens is 6. The summed E-state index contributed by atoms with van der Waals surface area (Å²) in [5.41, 5.74) is 0.962. The Morgan fingerprint density at radius 1 is 1.37 bits per heavy atom. The molecule has 0 spiro atoms. The predicted octanol–water partition coefficient (Wildman–Crippen LogP) is 2.64. The van der Waals surface area contributed by atoms with Crippen molar-refractivity contribution in [2.24, 2.45) is 0 Å². The fourth-order valence-corrected chi connectivity index (χ4v) is 3.28. The van der Waals surface area contributed by atoms with Gasteiger partial charge in [-0.05, 0) is 33.4 Å². The van der Waals surface area contributed by atoms with Crippen LogP contribution in [-0.2, 0) is 6.54 Å². The summed E-state index contributed by atoms with van der Waals surface area (Å²) < 4.78 is 7.60. The molecule has 11 heteroatoms. The lowest BCUT2D eigenvalue weighted by Crippen LogP contribution is -2.27. The molecular weight excluding hydrogens is 434 g/mol. The Labute approximate surface area is 165 Å². The van der Waals surface area contributed by atoms with E-state index in [1.165, 1.54) is 17.5 Å². The summed E-state index contributed by atoms with van der Waals surface area (Å²) in [6, 6.07) is 5.54. The topological polar surface area (TPSA) is 112 Å². The third-order valence-corrected chi connectivity index (χ3v) is 4.82. The Morgan fingerprint density at radius 2 is 2.30 bits per heavy atom. The number of carbonyl (C=O) groups excluding carboxylic acids is 1. The van der Waals surface area contributed by atoms with Crippen LogP contribution in [0.15, 0.2) is 51.2 Å². The van der Waals surface area contributed by atoms with E-state index in [9.17, 15) is 4.79 Å². The molecule has 1 N–H and O–H groups in total. The van der Waals surface area contributed by atoms with E-state index in [2.05, 4.69) is 46.7 Å². The lowest BCUT2D eigenvalue weighted by atomic mass is 10.3. The van der Waals surface area contributed by atoms with Crippen LogP contribution in [0.2, 0.25) is 0 Å². The van der Waals surface area contributed by atoms with Crippen molar-refractivity contribution in [3.63, 3.8) is 0 Å². The molecule has 0 aromatic carbocycles. The van der Waals surface area contributed by atoms with Crippen molar-refractivity contribution in [2.45, 2.75) is 6.54 Å². The molecular formula is C16H12BrN7O2S. The van der Waals surface area contributed by atoms with E-state index in [1.54, 1.807) is 23.1 Å². The van der Waals surface area contributed by atoms with Gasteiger partial charge in [-0.2, -0.15) is 4.98 Å². The number of halogens is 1. The van der Waals surface area contributed by atoms with E-state index in [-0.39, 0.29) is 5.91 Å². The molecule has 0 bridgehead atoms. The van der Waals surface area contributed by atoms with E-state index >= 15 is 0 Å². The van der Waals surface area contributed by atoms with Crippen molar-refractivity contribution < 1.29 is 9.32 Å². The molecule has 4 aromatic rings. The van der Waals surface area contributed by atoms with Gasteiger partial charge >= 0.3 is 0 Å². The molecule has 0 saturated carbocycles. The molecule has 0 saturated heterocycles. The number of pyridine rings is 1. The van der Waals surface area contributed by atoms with E-state index in [1.807, 2.05) is 17.5 Å². The summed E-state index contributed by atoms with van der Waals surface area (Å²) in [6.07, 6.45) is 4.82. The van der Waals surface area contributed by atoms with Crippen LogP contribution in [0, 0.1) is 0 Å². The fraction of sp³-hybridized carbons (Fsp3) is 0.125. The summed E-state index contributed by atoms with van der Waals surface area (Å²) in [5.74, 6) is 0.611. The third kappa shape index (κ3) is 4.09. The van der Waals surface area contributed by atoms with Crippen LogP contribution >= 0.6 is 27.3 Å². The SMILES string of the molecule is O=C(NCCn1cc(-c2nc(-c3cccs3)no2)nn1)c1cncc(Br)c1. The second kappa shape index (κ2) is 7.76. The van der Waals surface area contributed by atoms with Crippen molar-refractivity contribution >= 4 is 33.2 Å². The second-order valence-electron chi connectivity index (χ2n) is 5.42. The molecule has 27 heavy (non-hydrogen) atoms. The minimum atomic E-state index is -0.207. The van der Waals surface area contributed by atoms with Gasteiger partial charge in [-0.1, -0.05) is 16.4 Å². The molecule has 0 unspecified atom stereocenters. The highest BCUT2D eigenvalue weighted by Crippen LogP contribution is 2.24. The third-order valence-electron chi connectivity index (χ3n) is 3.52. The summed E-state index contributed by atoms with van der Waals surface area (Å²) in [6.45, 7) is 0.838. The lowest BCUT2D eigenvalue weighted by Gasteiger charge is -2.04. The number of amides is 1. The van der Waals surface area contributed by atoms with Crippen LogP contribution in [0.25, 0.3) is 22.3 Å². The van der Waals surface area contributed by atoms with Crippen molar-refractivity contribution in [1.29, 1.82) is 0 Å². The zero-order chi connectivity index (χ0) is 18.6. The van der Waals surface area contributed by atoms with Crippen LogP contribution < -0.4 is 5.32 Å². The highest BCUT2D eigenvalue weighted by Gasteiger charge is 2.14. The van der Waals surface area contributed by atoms with Crippen molar-refractivity contribution in [3.8, 4) is 22.3 Å². The van der Waals surface area contributed by atoms with Gasteiger partial charge in [0.25, 0.3) is 11.8 Å². The zero-order valence-electron chi connectivity index (χ0n) is 13.7. The number of hydrogen-bond acceptors (Lipinski definition) is 8. The predicted molar refractivity (Wildman–Crippen MR) is 101 cm³/mol. The average molecular weight is 446 g/mol. The molecule has 136 valence electrons. The Hall–Kier alpha value is -2.92. The summed E-state index contributed by atoms with van der Waals surface area (Å²) in [5, 5.41) is 16.8. The first-order valence-electron chi connectivity index (χ1n) is 7.86. The van der Waals surface area contributed by atoms with Crippen LogP contribution in [0.3, 0.4) is 0 Å². The van der Waals surface area contributed by atoms with E-state index in [4.69, 9.17) is 4.52 Å². The van der Waals surface area contributed by atoms with Gasteiger partial charge < -0.3 is 9.84 Å². The van der Waals surface area contributed by atoms with E-state index in [0.29, 0.717) is 36.1 Å². The number of hydrogen-bond donors (Lipinski definition) is 1. The Balaban J connectivity index is 1.35. The summed E-state index contributed by atoms with van der Waals surface area (Å²) in [7, 11) is 0. The first-order chi connectivity index (χ1) is 13.2. The van der Waals surface area contributed by atoms with Crippen LogP contribution in [0.5, 0.6) is 0 Å². The Bertz CT molecular complexity index is 1060. The minimum absolute atomic E-state index is 0.207. The van der Waals surface area contributed by atoms with Crippen LogP contribution in [-0.4, -0.2) is 42.6 Å². The molecule has 9 nitrogen and oxygen atoms in total. The molecule has 0 aliphatic carbocycles. The van der Waals surface area contributed by atoms with Crippen molar-refractivity contribution in [3.05, 3.63) is 52.2 Å². The maximum atomic E-state index is 12.1. The number of nitrogens with zero attached hydrogens (tertiary/aromatic N) is 6. The van der Waals surface area contributed by atoms with Crippen LogP contribution in [0.1, 0.15) is 10.4 Å². The average Bonchev–Trinajstić information content (AvgIpc) is 3.41. The van der Waals surface area contributed by atoms with E-state index in [0.717, 1.165) is 9.35 Å². The maximum absolute atomic E-state index is 12.1. The van der Waals surface area contributed by atoms with Crippen molar-refractivity contribution in [2.75, 3.05) is 6.54 Å². The van der Waals surface area contributed by atoms with Gasteiger partial charge in [0.2, 0.25) is 5.82 Å². The van der Waals surface area contributed by atoms with Gasteiger partial charge in [-0.3, -0.25) is 9.78 Å². The molecule has 0 atom stereocenters. The standard InChI is InChI=1S/C16H12BrN7O2S/c17-11-6-10(7-18-8-11)15(25)19-3-4-24-9-12(21-23-24)16-20-14(22-26-16)13-2-1-5-27-13/h1-2,5-9H,3-4H2,(H,19,25). The number of carbonyl (C=O) groups is 1. The molecule has 0 aliphatic rings. The number of nitrogens with one attached hydrogen (secondary N) is 1. The second-order valence-corrected chi connectivity index (χ2v) is 7.28. The van der Waals surface area contributed by atoms with Gasteiger partial charge in [0.15, 0.2) is 5.69 Å². The monoisotopic (exact) mass is 445 g/mol. The zero-order valence-corrected chi connectivity index (χ0v) is 16.1. The Morgan fingerprint density at radius 3 is 3.11 bits per heavy atom. The van der Waals surface area contributed by atoms with Crippen LogP contribution in [0.4, 0.5) is 0 Å². The van der Waals surface area contributed by atoms with Gasteiger partial charge in [-0.25, -0.2) is 4.68 Å². The molecule has 4 rings (SSSR count). The molecule has 0 aliphatic heterocycles. The quantitative estimate of drug-likeness (QED) is 0.485. The first-order valence-corrected chi connectivity index (χ1v) is 9.53. The minimum Gasteiger partial charge on any atom is -0.350 e. The maximum Gasteiger partial charge on any atom is 0.280 e. The van der Waals surface area contributed by atoms with Gasteiger partial charge in [0, 0.05) is 23.4 Å². The summed E-state index contributed by atoms with van der Waals surface area (Å²) >= 11 is 4.82. The van der Waals surface area contributed by atoms with Crippen molar-refractivity contribution in [1.82, 2.24) is 35.4 Å². The summed E-state index contributed by atoms with van der Waals surface area (Å²) in [4.78, 5) is 21.3. The largest absolute Gasteiger partial charge is 0.350 e. The smallest absolute Gasteiger partial charge is 0.280 e. The lowest BCUT2D eigenvalue weighted by molar-refractivity contribution is 0.0951. The Kier molecular flexibility index (Phi) is 5.03. The molecule has 1 amide bonds.